The van der Waals surface area contributed by atoms with E-state index in [1.807, 2.05) is 6.92 Å². The number of piperidine rings is 1. The third kappa shape index (κ3) is 2.85. The van der Waals surface area contributed by atoms with Crippen molar-refractivity contribution in [3.05, 3.63) is 0 Å². The van der Waals surface area contributed by atoms with Crippen LogP contribution in [0.25, 0.3) is 0 Å². The maximum Gasteiger partial charge on any atom is 0.329 e. The van der Waals surface area contributed by atoms with Crippen molar-refractivity contribution in [2.75, 3.05) is 13.2 Å². The summed E-state index contributed by atoms with van der Waals surface area (Å²) >= 11 is 0. The zero-order valence-corrected chi connectivity index (χ0v) is 11.9. The van der Waals surface area contributed by atoms with Gasteiger partial charge in [-0.25, -0.2) is 9.59 Å². The Kier molecular flexibility index (Phi) is 4.66. The third-order valence-electron chi connectivity index (χ3n) is 4.13. The molecule has 108 valence electrons. The van der Waals surface area contributed by atoms with Crippen LogP contribution in [0.3, 0.4) is 0 Å². The Labute approximate surface area is 114 Å². The second-order valence-corrected chi connectivity index (χ2v) is 5.44. The summed E-state index contributed by atoms with van der Waals surface area (Å²) in [4.78, 5) is 26.0. The van der Waals surface area contributed by atoms with E-state index in [9.17, 15) is 9.59 Å². The first-order valence-electron chi connectivity index (χ1n) is 7.41. The summed E-state index contributed by atoms with van der Waals surface area (Å²) in [5.41, 5.74) is 0. The van der Waals surface area contributed by atoms with E-state index in [4.69, 9.17) is 4.74 Å². The van der Waals surface area contributed by atoms with Gasteiger partial charge in [0.1, 0.15) is 6.04 Å². The molecule has 3 unspecified atom stereocenters. The predicted octanol–water partition coefficient (Wildman–Crippen LogP) is 1.91. The molecule has 5 heteroatoms. The minimum absolute atomic E-state index is 0.118. The highest BCUT2D eigenvalue weighted by Crippen LogP contribution is 2.42. The Morgan fingerprint density at radius 1 is 1.32 bits per heavy atom. The predicted molar refractivity (Wildman–Crippen MR) is 71.7 cm³/mol. The summed E-state index contributed by atoms with van der Waals surface area (Å²) in [6, 6.07) is -0.255. The second-order valence-electron chi connectivity index (χ2n) is 5.44. The molecule has 0 spiro atoms. The summed E-state index contributed by atoms with van der Waals surface area (Å²) in [7, 11) is 0. The van der Waals surface area contributed by atoms with E-state index in [0.717, 1.165) is 32.1 Å². The summed E-state index contributed by atoms with van der Waals surface area (Å²) in [5, 5.41) is 2.80. The molecule has 1 saturated heterocycles. The van der Waals surface area contributed by atoms with Crippen LogP contribution in [-0.4, -0.2) is 42.1 Å². The lowest BCUT2D eigenvalue weighted by atomic mass is 9.99. The van der Waals surface area contributed by atoms with Crippen LogP contribution < -0.4 is 5.32 Å². The molecule has 0 aromatic rings. The normalized spacial score (nSPS) is 28.5. The van der Waals surface area contributed by atoms with Crippen LogP contribution in [0, 0.1) is 5.92 Å². The van der Waals surface area contributed by atoms with Gasteiger partial charge in [0.2, 0.25) is 0 Å². The SMILES string of the molecule is CCCCOC(=O)C1C2CCC(C2)N1C(=O)NCC. The molecular formula is C14H24N2O3. The lowest BCUT2D eigenvalue weighted by Crippen LogP contribution is -2.53. The number of amides is 2. The number of likely N-dealkylation sites (tertiary alicyclic amines) is 1. The van der Waals surface area contributed by atoms with E-state index in [-0.39, 0.29) is 24.1 Å². The number of hydrogen-bond acceptors (Lipinski definition) is 3. The summed E-state index contributed by atoms with van der Waals surface area (Å²) in [5.74, 6) is 0.0774. The maximum absolute atomic E-state index is 12.2. The molecule has 19 heavy (non-hydrogen) atoms. The zero-order valence-electron chi connectivity index (χ0n) is 11.9. The van der Waals surface area contributed by atoms with Gasteiger partial charge < -0.3 is 15.0 Å². The highest BCUT2D eigenvalue weighted by Gasteiger charge is 2.51. The van der Waals surface area contributed by atoms with Crippen LogP contribution in [0.4, 0.5) is 4.79 Å². The van der Waals surface area contributed by atoms with E-state index >= 15 is 0 Å². The number of fused-ring (bicyclic) bond motifs is 2. The van der Waals surface area contributed by atoms with Gasteiger partial charge in [-0.05, 0) is 38.5 Å². The molecule has 3 atom stereocenters. The molecule has 1 heterocycles. The third-order valence-corrected chi connectivity index (χ3v) is 4.13. The minimum atomic E-state index is -0.359. The Morgan fingerprint density at radius 3 is 2.79 bits per heavy atom. The van der Waals surface area contributed by atoms with Crippen molar-refractivity contribution in [2.45, 2.75) is 58.0 Å². The van der Waals surface area contributed by atoms with Crippen LogP contribution in [0.1, 0.15) is 46.0 Å². The summed E-state index contributed by atoms with van der Waals surface area (Å²) < 4.78 is 5.32. The monoisotopic (exact) mass is 268 g/mol. The van der Waals surface area contributed by atoms with Crippen LogP contribution in [-0.2, 0) is 9.53 Å². The fourth-order valence-electron chi connectivity index (χ4n) is 3.23. The van der Waals surface area contributed by atoms with Crippen molar-refractivity contribution in [2.24, 2.45) is 5.92 Å². The quantitative estimate of drug-likeness (QED) is 0.612. The van der Waals surface area contributed by atoms with Crippen molar-refractivity contribution >= 4 is 12.0 Å². The maximum atomic E-state index is 12.2. The lowest BCUT2D eigenvalue weighted by molar-refractivity contribution is -0.150. The zero-order chi connectivity index (χ0) is 13.8. The number of nitrogens with zero attached hydrogens (tertiary/aromatic N) is 1. The van der Waals surface area contributed by atoms with Crippen molar-refractivity contribution < 1.29 is 14.3 Å². The molecule has 2 fully saturated rings. The highest BCUT2D eigenvalue weighted by molar-refractivity contribution is 5.85. The Morgan fingerprint density at radius 2 is 2.11 bits per heavy atom. The van der Waals surface area contributed by atoms with Gasteiger partial charge in [-0.2, -0.15) is 0 Å². The van der Waals surface area contributed by atoms with Gasteiger partial charge in [-0.15, -0.1) is 0 Å². The number of unbranched alkanes of at least 4 members (excludes halogenated alkanes) is 1. The smallest absolute Gasteiger partial charge is 0.329 e. The fourth-order valence-corrected chi connectivity index (χ4v) is 3.23. The molecule has 0 aromatic carbocycles. The molecule has 0 radical (unpaired) electrons. The average Bonchev–Trinajstić information content (AvgIpc) is 2.99. The lowest BCUT2D eigenvalue weighted by Gasteiger charge is -2.33. The van der Waals surface area contributed by atoms with Crippen LogP contribution in [0.2, 0.25) is 0 Å². The van der Waals surface area contributed by atoms with E-state index in [1.54, 1.807) is 4.90 Å². The van der Waals surface area contributed by atoms with Crippen molar-refractivity contribution in [3.63, 3.8) is 0 Å². The average molecular weight is 268 g/mol. The molecule has 1 N–H and O–H groups in total. The Bertz CT molecular complexity index is 346. The first-order valence-corrected chi connectivity index (χ1v) is 7.41. The number of carbonyl (C=O) groups is 2. The fraction of sp³-hybridized carbons (Fsp3) is 0.857. The van der Waals surface area contributed by atoms with Crippen LogP contribution >= 0.6 is 0 Å². The molecule has 2 rings (SSSR count). The van der Waals surface area contributed by atoms with Crippen LogP contribution in [0.5, 0.6) is 0 Å². The number of ether oxygens (including phenoxy) is 1. The number of hydrogen-bond donors (Lipinski definition) is 1. The van der Waals surface area contributed by atoms with Gasteiger partial charge in [-0.1, -0.05) is 13.3 Å². The molecule has 5 nitrogen and oxygen atoms in total. The molecule has 2 aliphatic rings. The number of urea groups is 1. The van der Waals surface area contributed by atoms with Crippen molar-refractivity contribution in [1.29, 1.82) is 0 Å². The number of rotatable bonds is 5. The topological polar surface area (TPSA) is 58.6 Å². The van der Waals surface area contributed by atoms with E-state index < -0.39 is 0 Å². The van der Waals surface area contributed by atoms with Gasteiger partial charge in [0.25, 0.3) is 0 Å². The molecule has 0 aromatic heterocycles. The van der Waals surface area contributed by atoms with E-state index in [2.05, 4.69) is 12.2 Å². The summed E-state index contributed by atoms with van der Waals surface area (Å²) in [6.45, 7) is 5.00. The molecule has 2 amide bonds. The number of carbonyl (C=O) groups excluding carboxylic acids is 2. The summed E-state index contributed by atoms with van der Waals surface area (Å²) in [6.07, 6.45) is 4.89. The van der Waals surface area contributed by atoms with Gasteiger partial charge in [0, 0.05) is 12.6 Å². The van der Waals surface area contributed by atoms with Crippen LogP contribution in [0.15, 0.2) is 0 Å². The largest absolute Gasteiger partial charge is 0.464 e. The molecule has 1 saturated carbocycles. The second kappa shape index (κ2) is 6.26. The number of nitrogens with one attached hydrogen (secondary N) is 1. The van der Waals surface area contributed by atoms with E-state index in [1.165, 1.54) is 0 Å². The Balaban J connectivity index is 1.99. The van der Waals surface area contributed by atoms with Crippen molar-refractivity contribution in [3.8, 4) is 0 Å². The highest BCUT2D eigenvalue weighted by atomic mass is 16.5. The molecule has 1 aliphatic carbocycles. The van der Waals surface area contributed by atoms with Gasteiger partial charge in [0.15, 0.2) is 0 Å². The van der Waals surface area contributed by atoms with E-state index in [0.29, 0.717) is 19.1 Å². The van der Waals surface area contributed by atoms with Crippen molar-refractivity contribution in [1.82, 2.24) is 10.2 Å². The molecule has 1 aliphatic heterocycles. The molecule has 2 bridgehead atoms. The van der Waals surface area contributed by atoms with Gasteiger partial charge in [0.05, 0.1) is 6.61 Å². The molecular weight excluding hydrogens is 244 g/mol. The minimum Gasteiger partial charge on any atom is -0.464 e. The number of esters is 1. The standard InChI is InChI=1S/C14H24N2O3/c1-3-5-8-19-13(17)12-10-6-7-11(9-10)16(12)14(18)15-4-2/h10-12H,3-9H2,1-2H3,(H,15,18). The van der Waals surface area contributed by atoms with Gasteiger partial charge >= 0.3 is 12.0 Å². The first kappa shape index (κ1) is 14.2. The first-order chi connectivity index (χ1) is 9.19. The Hall–Kier alpha value is -1.26. The van der Waals surface area contributed by atoms with Gasteiger partial charge in [-0.3, -0.25) is 0 Å².